The van der Waals surface area contributed by atoms with Crippen LogP contribution in [0.1, 0.15) is 18.0 Å². The number of ether oxygens (including phenoxy) is 1. The summed E-state index contributed by atoms with van der Waals surface area (Å²) in [5.41, 5.74) is 8.53. The summed E-state index contributed by atoms with van der Waals surface area (Å²) in [6.07, 6.45) is 5.01. The zero-order valence-corrected chi connectivity index (χ0v) is 8.39. The van der Waals surface area contributed by atoms with Gasteiger partial charge in [0.05, 0.1) is 12.3 Å². The molecule has 3 rings (SSSR count). The SMILES string of the molecule is Nc1ccc2nc(C3CCOC3)cn2c1. The summed E-state index contributed by atoms with van der Waals surface area (Å²) in [5.74, 6) is 0.450. The zero-order chi connectivity index (χ0) is 10.3. The van der Waals surface area contributed by atoms with Gasteiger partial charge in [-0.3, -0.25) is 0 Å². The Morgan fingerprint density at radius 3 is 3.13 bits per heavy atom. The third-order valence-corrected chi connectivity index (χ3v) is 2.84. The third-order valence-electron chi connectivity index (χ3n) is 2.84. The first-order valence-electron chi connectivity index (χ1n) is 5.15. The molecule has 2 N–H and O–H groups in total. The minimum atomic E-state index is 0.450. The van der Waals surface area contributed by atoms with Crippen LogP contribution in [0.4, 0.5) is 5.69 Å². The van der Waals surface area contributed by atoms with Crippen LogP contribution in [0.25, 0.3) is 5.65 Å². The van der Waals surface area contributed by atoms with Gasteiger partial charge in [-0.1, -0.05) is 0 Å². The molecular formula is C11H13N3O. The molecule has 1 unspecified atom stereocenters. The fourth-order valence-electron chi connectivity index (χ4n) is 1.99. The maximum Gasteiger partial charge on any atom is 0.137 e. The minimum absolute atomic E-state index is 0.450. The van der Waals surface area contributed by atoms with Gasteiger partial charge in [0.25, 0.3) is 0 Å². The fraction of sp³-hybridized carbons (Fsp3) is 0.364. The molecule has 0 radical (unpaired) electrons. The lowest BCUT2D eigenvalue weighted by molar-refractivity contribution is 0.193. The summed E-state index contributed by atoms with van der Waals surface area (Å²) < 4.78 is 7.33. The highest BCUT2D eigenvalue weighted by Gasteiger charge is 2.20. The first kappa shape index (κ1) is 8.73. The topological polar surface area (TPSA) is 52.5 Å². The van der Waals surface area contributed by atoms with Gasteiger partial charge in [-0.2, -0.15) is 0 Å². The molecule has 15 heavy (non-hydrogen) atoms. The van der Waals surface area contributed by atoms with Crippen molar-refractivity contribution in [3.8, 4) is 0 Å². The molecule has 0 spiro atoms. The fourth-order valence-corrected chi connectivity index (χ4v) is 1.99. The number of hydrogen-bond donors (Lipinski definition) is 1. The van der Waals surface area contributed by atoms with Crippen LogP contribution in [-0.2, 0) is 4.74 Å². The van der Waals surface area contributed by atoms with Crippen LogP contribution in [0.3, 0.4) is 0 Å². The van der Waals surface area contributed by atoms with Crippen molar-refractivity contribution in [3.05, 3.63) is 30.2 Å². The Balaban J connectivity index is 2.05. The number of aromatic nitrogens is 2. The second-order valence-corrected chi connectivity index (χ2v) is 3.95. The lowest BCUT2D eigenvalue weighted by Crippen LogP contribution is -1.96. The lowest BCUT2D eigenvalue weighted by Gasteiger charge is -2.00. The normalized spacial score (nSPS) is 21.2. The largest absolute Gasteiger partial charge is 0.398 e. The lowest BCUT2D eigenvalue weighted by atomic mass is 10.1. The standard InChI is InChI=1S/C11H13N3O/c12-9-1-2-11-13-10(6-14(11)5-9)8-3-4-15-7-8/h1-2,5-6,8H,3-4,7,12H2. The molecule has 2 aromatic rings. The summed E-state index contributed by atoms with van der Waals surface area (Å²) in [6.45, 7) is 1.64. The van der Waals surface area contributed by atoms with Gasteiger partial charge < -0.3 is 14.9 Å². The van der Waals surface area contributed by atoms with E-state index in [1.165, 1.54) is 0 Å². The van der Waals surface area contributed by atoms with E-state index < -0.39 is 0 Å². The van der Waals surface area contributed by atoms with E-state index in [1.54, 1.807) is 0 Å². The van der Waals surface area contributed by atoms with Crippen molar-refractivity contribution in [2.45, 2.75) is 12.3 Å². The van der Waals surface area contributed by atoms with Crippen LogP contribution in [0.15, 0.2) is 24.5 Å². The molecule has 4 nitrogen and oxygen atoms in total. The van der Waals surface area contributed by atoms with Gasteiger partial charge in [-0.15, -0.1) is 0 Å². The molecule has 0 aromatic carbocycles. The third kappa shape index (κ3) is 1.47. The summed E-state index contributed by atoms with van der Waals surface area (Å²) in [6, 6.07) is 3.81. The highest BCUT2D eigenvalue weighted by Crippen LogP contribution is 2.24. The molecular weight excluding hydrogens is 190 g/mol. The van der Waals surface area contributed by atoms with Crippen molar-refractivity contribution in [1.82, 2.24) is 9.38 Å². The van der Waals surface area contributed by atoms with Crippen LogP contribution < -0.4 is 5.73 Å². The average molecular weight is 203 g/mol. The monoisotopic (exact) mass is 203 g/mol. The Kier molecular flexibility index (Phi) is 1.89. The Labute approximate surface area is 87.7 Å². The van der Waals surface area contributed by atoms with Gasteiger partial charge in [0.2, 0.25) is 0 Å². The molecule has 0 saturated carbocycles. The molecule has 1 atom stereocenters. The van der Waals surface area contributed by atoms with E-state index in [1.807, 2.05) is 28.9 Å². The molecule has 0 aliphatic carbocycles. The molecule has 0 bridgehead atoms. The van der Waals surface area contributed by atoms with E-state index >= 15 is 0 Å². The molecule has 1 aliphatic heterocycles. The average Bonchev–Trinajstić information content (AvgIpc) is 2.84. The first-order valence-corrected chi connectivity index (χ1v) is 5.15. The van der Waals surface area contributed by atoms with E-state index in [4.69, 9.17) is 10.5 Å². The van der Waals surface area contributed by atoms with Gasteiger partial charge in [0.15, 0.2) is 0 Å². The Hall–Kier alpha value is -1.55. The number of hydrogen-bond acceptors (Lipinski definition) is 3. The predicted octanol–water partition coefficient (Wildman–Crippen LogP) is 1.42. The van der Waals surface area contributed by atoms with Gasteiger partial charge in [-0.05, 0) is 18.6 Å². The van der Waals surface area contributed by atoms with Crippen LogP contribution in [-0.4, -0.2) is 22.6 Å². The summed E-state index contributed by atoms with van der Waals surface area (Å²) >= 11 is 0. The second kappa shape index (κ2) is 3.24. The van der Waals surface area contributed by atoms with Crippen molar-refractivity contribution in [1.29, 1.82) is 0 Å². The smallest absolute Gasteiger partial charge is 0.137 e. The van der Waals surface area contributed by atoms with Crippen molar-refractivity contribution in [2.24, 2.45) is 0 Å². The first-order chi connectivity index (χ1) is 7.33. The molecule has 0 amide bonds. The Morgan fingerprint density at radius 1 is 1.40 bits per heavy atom. The molecule has 1 fully saturated rings. The number of fused-ring (bicyclic) bond motifs is 1. The van der Waals surface area contributed by atoms with E-state index in [0.29, 0.717) is 5.92 Å². The number of anilines is 1. The van der Waals surface area contributed by atoms with Gasteiger partial charge in [0, 0.05) is 30.6 Å². The molecule has 1 saturated heterocycles. The second-order valence-electron chi connectivity index (χ2n) is 3.95. The molecule has 1 aliphatic rings. The van der Waals surface area contributed by atoms with Crippen molar-refractivity contribution >= 4 is 11.3 Å². The number of imidazole rings is 1. The molecule has 3 heterocycles. The number of nitrogens with two attached hydrogens (primary N) is 1. The Morgan fingerprint density at radius 2 is 2.33 bits per heavy atom. The number of nitrogens with zero attached hydrogens (tertiary/aromatic N) is 2. The van der Waals surface area contributed by atoms with E-state index in [-0.39, 0.29) is 0 Å². The highest BCUT2D eigenvalue weighted by atomic mass is 16.5. The highest BCUT2D eigenvalue weighted by molar-refractivity contribution is 5.48. The van der Waals surface area contributed by atoms with Gasteiger partial charge in [0.1, 0.15) is 5.65 Å². The zero-order valence-electron chi connectivity index (χ0n) is 8.39. The van der Waals surface area contributed by atoms with Crippen molar-refractivity contribution < 1.29 is 4.74 Å². The van der Waals surface area contributed by atoms with Crippen LogP contribution in [0, 0.1) is 0 Å². The Bertz CT molecular complexity index is 486. The summed E-state index contributed by atoms with van der Waals surface area (Å²) in [7, 11) is 0. The molecule has 2 aromatic heterocycles. The van der Waals surface area contributed by atoms with Gasteiger partial charge in [-0.25, -0.2) is 4.98 Å². The van der Waals surface area contributed by atoms with E-state index in [2.05, 4.69) is 4.98 Å². The minimum Gasteiger partial charge on any atom is -0.398 e. The maximum absolute atomic E-state index is 5.71. The summed E-state index contributed by atoms with van der Waals surface area (Å²) in [5, 5.41) is 0. The van der Waals surface area contributed by atoms with Crippen LogP contribution in [0.5, 0.6) is 0 Å². The molecule has 4 heteroatoms. The van der Waals surface area contributed by atoms with Gasteiger partial charge >= 0.3 is 0 Å². The van der Waals surface area contributed by atoms with Crippen molar-refractivity contribution in [2.75, 3.05) is 18.9 Å². The van der Waals surface area contributed by atoms with E-state index in [9.17, 15) is 0 Å². The van der Waals surface area contributed by atoms with Crippen LogP contribution in [0.2, 0.25) is 0 Å². The van der Waals surface area contributed by atoms with Crippen LogP contribution >= 0.6 is 0 Å². The maximum atomic E-state index is 5.71. The quantitative estimate of drug-likeness (QED) is 0.762. The van der Waals surface area contributed by atoms with Crippen molar-refractivity contribution in [3.63, 3.8) is 0 Å². The predicted molar refractivity (Wildman–Crippen MR) is 57.8 cm³/mol. The number of nitrogen functional groups attached to an aromatic ring is 1. The molecule has 78 valence electrons. The number of rotatable bonds is 1. The number of pyridine rings is 1. The van der Waals surface area contributed by atoms with E-state index in [0.717, 1.165) is 36.7 Å². The summed E-state index contributed by atoms with van der Waals surface area (Å²) in [4.78, 5) is 4.56.